The van der Waals surface area contributed by atoms with Gasteiger partial charge in [0.25, 0.3) is 5.91 Å². The molecule has 0 bridgehead atoms. The standard InChI is InChI=1S/C24H34N2O4/c1-23(2,3)30-22(28)26-15-13-24(14-16-26)12-8-7-10-19-9-5-6-11-20(19)29-17-21(27)25(4)18-24/h5-9,11H,10,12-18H2,1-4H3/b8-7-. The van der Waals surface area contributed by atoms with E-state index in [0.29, 0.717) is 19.6 Å². The summed E-state index contributed by atoms with van der Waals surface area (Å²) in [4.78, 5) is 28.7. The molecule has 0 N–H and O–H groups in total. The van der Waals surface area contributed by atoms with Gasteiger partial charge >= 0.3 is 6.09 Å². The van der Waals surface area contributed by atoms with Crippen molar-refractivity contribution in [3.05, 3.63) is 42.0 Å². The molecule has 0 atom stereocenters. The van der Waals surface area contributed by atoms with Gasteiger partial charge in [0.15, 0.2) is 6.61 Å². The predicted molar refractivity (Wildman–Crippen MR) is 117 cm³/mol. The lowest BCUT2D eigenvalue weighted by Gasteiger charge is -2.43. The molecule has 0 aliphatic carbocycles. The maximum absolute atomic E-state index is 12.7. The van der Waals surface area contributed by atoms with Crippen LogP contribution >= 0.6 is 0 Å². The Kier molecular flexibility index (Phi) is 6.74. The smallest absolute Gasteiger partial charge is 0.410 e. The van der Waals surface area contributed by atoms with Crippen molar-refractivity contribution in [3.63, 3.8) is 0 Å². The van der Waals surface area contributed by atoms with Gasteiger partial charge in [0, 0.05) is 26.7 Å². The lowest BCUT2D eigenvalue weighted by atomic mass is 9.75. The van der Waals surface area contributed by atoms with Gasteiger partial charge < -0.3 is 19.3 Å². The summed E-state index contributed by atoms with van der Waals surface area (Å²) in [5.74, 6) is 0.744. The van der Waals surface area contributed by atoms with Crippen molar-refractivity contribution < 1.29 is 19.1 Å². The van der Waals surface area contributed by atoms with Crippen LogP contribution < -0.4 is 4.74 Å². The molecule has 6 heteroatoms. The van der Waals surface area contributed by atoms with Crippen molar-refractivity contribution in [3.8, 4) is 5.75 Å². The molecule has 3 rings (SSSR count). The fourth-order valence-corrected chi connectivity index (χ4v) is 4.11. The summed E-state index contributed by atoms with van der Waals surface area (Å²) < 4.78 is 11.3. The molecule has 0 radical (unpaired) electrons. The van der Waals surface area contributed by atoms with E-state index in [1.54, 1.807) is 9.80 Å². The van der Waals surface area contributed by atoms with Crippen LogP contribution in [0.4, 0.5) is 4.79 Å². The number of para-hydroxylation sites is 1. The van der Waals surface area contributed by atoms with Crippen LogP contribution in [0.3, 0.4) is 0 Å². The lowest BCUT2D eigenvalue weighted by molar-refractivity contribution is -0.134. The van der Waals surface area contributed by atoms with Crippen LogP contribution in [0.1, 0.15) is 45.6 Å². The zero-order valence-corrected chi connectivity index (χ0v) is 18.6. The average Bonchev–Trinajstić information content (AvgIpc) is 2.68. The van der Waals surface area contributed by atoms with E-state index < -0.39 is 5.60 Å². The quantitative estimate of drug-likeness (QED) is 0.601. The van der Waals surface area contributed by atoms with E-state index in [4.69, 9.17) is 9.47 Å². The molecule has 1 fully saturated rings. The molecule has 0 unspecified atom stereocenters. The van der Waals surface area contributed by atoms with Gasteiger partial charge in [-0.3, -0.25) is 4.79 Å². The molecule has 0 saturated carbocycles. The van der Waals surface area contributed by atoms with Gasteiger partial charge in [-0.1, -0.05) is 30.4 Å². The molecule has 164 valence electrons. The molecule has 6 nitrogen and oxygen atoms in total. The molecular weight excluding hydrogens is 380 g/mol. The third kappa shape index (κ3) is 5.77. The van der Waals surface area contributed by atoms with Crippen molar-refractivity contribution in [2.45, 2.75) is 52.1 Å². The second-order valence-electron chi connectivity index (χ2n) is 9.49. The number of rotatable bonds is 0. The van der Waals surface area contributed by atoms with Gasteiger partial charge in [0.05, 0.1) is 0 Å². The zero-order valence-electron chi connectivity index (χ0n) is 18.6. The highest BCUT2D eigenvalue weighted by molar-refractivity contribution is 5.77. The third-order valence-electron chi connectivity index (χ3n) is 5.85. The summed E-state index contributed by atoms with van der Waals surface area (Å²) in [5.41, 5.74) is 0.544. The van der Waals surface area contributed by atoms with Gasteiger partial charge in [0.1, 0.15) is 11.4 Å². The van der Waals surface area contributed by atoms with Crippen molar-refractivity contribution in [2.24, 2.45) is 5.41 Å². The lowest BCUT2D eigenvalue weighted by Crippen LogP contribution is -2.49. The van der Waals surface area contributed by atoms with Gasteiger partial charge in [-0.25, -0.2) is 4.79 Å². The fourth-order valence-electron chi connectivity index (χ4n) is 4.11. The minimum Gasteiger partial charge on any atom is -0.483 e. The summed E-state index contributed by atoms with van der Waals surface area (Å²) in [6.45, 7) is 7.63. The monoisotopic (exact) mass is 414 g/mol. The first-order chi connectivity index (χ1) is 14.2. The SMILES string of the molecule is CN1CC2(C/C=C\Cc3ccccc3OCC1=O)CCN(C(=O)OC(C)(C)C)CC2. The van der Waals surface area contributed by atoms with E-state index in [0.717, 1.165) is 37.0 Å². The number of ether oxygens (including phenoxy) is 2. The minimum atomic E-state index is -0.495. The summed E-state index contributed by atoms with van der Waals surface area (Å²) in [6.07, 6.45) is 7.50. The first kappa shape index (κ1) is 22.2. The topological polar surface area (TPSA) is 59.1 Å². The minimum absolute atomic E-state index is 0.0247. The van der Waals surface area contributed by atoms with Crippen LogP contribution in [-0.2, 0) is 16.0 Å². The third-order valence-corrected chi connectivity index (χ3v) is 5.85. The van der Waals surface area contributed by atoms with Crippen molar-refractivity contribution in [1.82, 2.24) is 9.80 Å². The van der Waals surface area contributed by atoms with Crippen LogP contribution in [0.5, 0.6) is 5.75 Å². The van der Waals surface area contributed by atoms with E-state index >= 15 is 0 Å². The highest BCUT2D eigenvalue weighted by Gasteiger charge is 2.38. The molecule has 1 saturated heterocycles. The van der Waals surface area contributed by atoms with Gasteiger partial charge in [0.2, 0.25) is 0 Å². The maximum atomic E-state index is 12.7. The number of nitrogens with zero attached hydrogens (tertiary/aromatic N) is 2. The summed E-state index contributed by atoms with van der Waals surface area (Å²) in [7, 11) is 1.84. The summed E-state index contributed by atoms with van der Waals surface area (Å²) >= 11 is 0. The van der Waals surface area contributed by atoms with Crippen LogP contribution in [-0.4, -0.2) is 60.7 Å². The number of likely N-dealkylation sites (tertiary alicyclic amines) is 1. The van der Waals surface area contributed by atoms with E-state index in [1.165, 1.54) is 0 Å². The second kappa shape index (κ2) is 9.11. The zero-order chi connectivity index (χ0) is 21.8. The Labute approximate surface area is 179 Å². The Morgan fingerprint density at radius 1 is 1.13 bits per heavy atom. The highest BCUT2D eigenvalue weighted by atomic mass is 16.6. The number of fused-ring (bicyclic) bond motifs is 1. The number of hydrogen-bond acceptors (Lipinski definition) is 4. The summed E-state index contributed by atoms with van der Waals surface area (Å²) in [5, 5.41) is 0. The molecular formula is C24H34N2O4. The molecule has 2 amide bonds. The van der Waals surface area contributed by atoms with Gasteiger partial charge in [-0.2, -0.15) is 0 Å². The number of amides is 2. The van der Waals surface area contributed by atoms with Crippen LogP contribution in [0, 0.1) is 5.41 Å². The Balaban J connectivity index is 1.72. The molecule has 30 heavy (non-hydrogen) atoms. The first-order valence-corrected chi connectivity index (χ1v) is 10.8. The number of benzene rings is 1. The number of carbonyl (C=O) groups is 2. The second-order valence-corrected chi connectivity index (χ2v) is 9.49. The van der Waals surface area contributed by atoms with E-state index in [-0.39, 0.29) is 24.0 Å². The molecule has 2 aliphatic heterocycles. The maximum Gasteiger partial charge on any atom is 0.410 e. The van der Waals surface area contributed by atoms with Crippen LogP contribution in [0.2, 0.25) is 0 Å². The van der Waals surface area contributed by atoms with E-state index in [9.17, 15) is 9.59 Å². The molecule has 1 aromatic carbocycles. The Morgan fingerprint density at radius 3 is 2.53 bits per heavy atom. The molecule has 2 aliphatic rings. The van der Waals surface area contributed by atoms with Crippen molar-refractivity contribution in [1.29, 1.82) is 0 Å². The Morgan fingerprint density at radius 2 is 1.83 bits per heavy atom. The van der Waals surface area contributed by atoms with Crippen LogP contribution in [0.15, 0.2) is 36.4 Å². The van der Waals surface area contributed by atoms with Crippen molar-refractivity contribution >= 4 is 12.0 Å². The van der Waals surface area contributed by atoms with Gasteiger partial charge in [-0.15, -0.1) is 0 Å². The average molecular weight is 415 g/mol. The molecule has 1 spiro atoms. The molecule has 2 heterocycles. The first-order valence-electron chi connectivity index (χ1n) is 10.8. The number of piperidine rings is 1. The highest BCUT2D eigenvalue weighted by Crippen LogP contribution is 2.37. The van der Waals surface area contributed by atoms with E-state index in [2.05, 4.69) is 12.2 Å². The normalized spacial score (nSPS) is 21.1. The predicted octanol–water partition coefficient (Wildman–Crippen LogP) is 4.04. The Hall–Kier alpha value is -2.50. The van der Waals surface area contributed by atoms with Crippen LogP contribution in [0.25, 0.3) is 0 Å². The summed E-state index contributed by atoms with van der Waals surface area (Å²) in [6, 6.07) is 7.87. The number of carbonyl (C=O) groups excluding carboxylic acids is 2. The molecule has 0 aromatic heterocycles. The number of hydrogen-bond donors (Lipinski definition) is 0. The number of allylic oxidation sites excluding steroid dienone is 2. The number of likely N-dealkylation sites (N-methyl/N-ethyl adjacent to an activating group) is 1. The van der Waals surface area contributed by atoms with Gasteiger partial charge in [-0.05, 0) is 63.5 Å². The largest absolute Gasteiger partial charge is 0.483 e. The molecule has 1 aromatic rings. The fraction of sp³-hybridized carbons (Fsp3) is 0.583. The van der Waals surface area contributed by atoms with E-state index in [1.807, 2.05) is 52.1 Å². The van der Waals surface area contributed by atoms with Crippen molar-refractivity contribution in [2.75, 3.05) is 33.3 Å². The Bertz CT molecular complexity index is 789.